The molecule has 0 unspecified atom stereocenters. The lowest BCUT2D eigenvalue weighted by Gasteiger charge is -2.05. The summed E-state index contributed by atoms with van der Waals surface area (Å²) in [4.78, 5) is 0. The molecule has 3 fully saturated rings. The highest BCUT2D eigenvalue weighted by atomic mass is 14.0. The van der Waals surface area contributed by atoms with Crippen molar-refractivity contribution in [2.45, 2.75) is 138 Å². The fourth-order valence-corrected chi connectivity index (χ4v) is 2.19. The van der Waals surface area contributed by atoms with E-state index in [1.807, 2.05) is 41.5 Å². The SMILES string of the molecule is C1CCC1.C1CCCC1.C1CCCCC1.C=C.C=C.C=C.CC.CC.CC. The zero-order chi connectivity index (χ0) is 22.6. The molecule has 3 aliphatic rings. The van der Waals surface area contributed by atoms with E-state index in [1.165, 1.54) is 96.3 Å². The van der Waals surface area contributed by atoms with E-state index in [4.69, 9.17) is 0 Å². The van der Waals surface area contributed by atoms with Crippen LogP contribution in [0.5, 0.6) is 0 Å². The highest BCUT2D eigenvalue weighted by molar-refractivity contribution is 4.52. The van der Waals surface area contributed by atoms with Crippen LogP contribution >= 0.6 is 0 Å². The van der Waals surface area contributed by atoms with Crippen molar-refractivity contribution in [2.75, 3.05) is 0 Å². The minimum atomic E-state index is 1.50. The smallest absolute Gasteiger partial charge is 0.0533 e. The molecular weight excluding hydrogens is 324 g/mol. The summed E-state index contributed by atoms with van der Waals surface area (Å²) < 4.78 is 0. The van der Waals surface area contributed by atoms with Gasteiger partial charge < -0.3 is 0 Å². The molecule has 0 aromatic rings. The zero-order valence-electron chi connectivity index (χ0n) is 20.8. The van der Waals surface area contributed by atoms with Gasteiger partial charge in [-0.25, -0.2) is 0 Å². The van der Waals surface area contributed by atoms with Crippen LogP contribution in [0.25, 0.3) is 0 Å². The monoisotopic (exact) mass is 384 g/mol. The van der Waals surface area contributed by atoms with Crippen molar-refractivity contribution in [2.24, 2.45) is 0 Å². The Balaban J connectivity index is -0.0000000487. The summed E-state index contributed by atoms with van der Waals surface area (Å²) >= 11 is 0. The largest absolute Gasteiger partial charge is 0.106 e. The first-order valence-electron chi connectivity index (χ1n) is 12.0. The molecule has 27 heavy (non-hydrogen) atoms. The molecule has 168 valence electrons. The topological polar surface area (TPSA) is 0 Å². The maximum atomic E-state index is 3.00. The third-order valence-corrected chi connectivity index (χ3v) is 3.75. The van der Waals surface area contributed by atoms with Gasteiger partial charge >= 0.3 is 0 Å². The Kier molecular flexibility index (Phi) is 111. The van der Waals surface area contributed by atoms with Crippen LogP contribution in [0, 0.1) is 0 Å². The van der Waals surface area contributed by atoms with Crippen LogP contribution in [-0.2, 0) is 0 Å². The minimum Gasteiger partial charge on any atom is -0.106 e. The maximum Gasteiger partial charge on any atom is -0.0533 e. The van der Waals surface area contributed by atoms with Crippen molar-refractivity contribution in [3.05, 3.63) is 39.5 Å². The lowest BCUT2D eigenvalue weighted by molar-refractivity contribution is 0.504. The summed E-state index contributed by atoms with van der Waals surface area (Å²) in [6.45, 7) is 30.0. The fraction of sp³-hybridized carbons (Fsp3) is 0.778. The molecule has 3 saturated carbocycles. The Labute approximate surface area is 177 Å². The second-order valence-electron chi connectivity index (χ2n) is 5.30. The first-order chi connectivity index (χ1) is 13.5. The van der Waals surface area contributed by atoms with E-state index in [2.05, 4.69) is 39.5 Å². The lowest BCUT2D eigenvalue weighted by Crippen LogP contribution is -1.85. The average Bonchev–Trinajstić information content (AvgIpc) is 3.37. The van der Waals surface area contributed by atoms with Crippen molar-refractivity contribution >= 4 is 0 Å². The Morgan fingerprint density at radius 1 is 0.222 bits per heavy atom. The van der Waals surface area contributed by atoms with Crippen molar-refractivity contribution in [3.63, 3.8) is 0 Å². The van der Waals surface area contributed by atoms with Gasteiger partial charge in [-0.1, -0.05) is 138 Å². The molecule has 0 aliphatic heterocycles. The van der Waals surface area contributed by atoms with E-state index in [0.29, 0.717) is 0 Å². The van der Waals surface area contributed by atoms with Crippen molar-refractivity contribution in [3.8, 4) is 0 Å². The number of hydrogen-bond donors (Lipinski definition) is 0. The summed E-state index contributed by atoms with van der Waals surface area (Å²) in [7, 11) is 0. The molecule has 0 saturated heterocycles. The number of hydrogen-bond acceptors (Lipinski definition) is 0. The quantitative estimate of drug-likeness (QED) is 0.364. The van der Waals surface area contributed by atoms with E-state index in [9.17, 15) is 0 Å². The third-order valence-electron chi connectivity index (χ3n) is 3.75. The van der Waals surface area contributed by atoms with Crippen LogP contribution in [-0.4, -0.2) is 0 Å². The summed E-state index contributed by atoms with van der Waals surface area (Å²) in [5.74, 6) is 0. The van der Waals surface area contributed by atoms with Crippen molar-refractivity contribution < 1.29 is 0 Å². The van der Waals surface area contributed by atoms with Gasteiger partial charge in [0.15, 0.2) is 0 Å². The molecule has 0 nitrogen and oxygen atoms in total. The standard InChI is InChI=1S/C6H12.C5H10.C4H8.3C2H6.3C2H4/c1-2-4-6-5-3-1;1-2-4-5-3-1;1-2-4-3-1;6*1-2/h1-6H2;1-5H2;1-4H2;3*1-2H3;3*1-2H2. The van der Waals surface area contributed by atoms with Gasteiger partial charge in [0.2, 0.25) is 0 Å². The van der Waals surface area contributed by atoms with Gasteiger partial charge in [0.05, 0.1) is 0 Å². The predicted octanol–water partition coefficient (Wildman–Crippen LogP) is 11.3. The second kappa shape index (κ2) is 73.2. The van der Waals surface area contributed by atoms with E-state index in [-0.39, 0.29) is 0 Å². The molecule has 3 aliphatic carbocycles. The maximum absolute atomic E-state index is 3.00. The summed E-state index contributed by atoms with van der Waals surface area (Å²) in [6, 6.07) is 0. The van der Waals surface area contributed by atoms with Crippen LogP contribution in [0.1, 0.15) is 138 Å². The molecule has 0 N–H and O–H groups in total. The van der Waals surface area contributed by atoms with E-state index >= 15 is 0 Å². The van der Waals surface area contributed by atoms with Gasteiger partial charge in [-0.15, -0.1) is 39.5 Å². The highest BCUT2D eigenvalue weighted by Gasteiger charge is 1.96. The van der Waals surface area contributed by atoms with E-state index in [1.54, 1.807) is 0 Å². The first-order valence-corrected chi connectivity index (χ1v) is 12.0. The Hall–Kier alpha value is -0.780. The van der Waals surface area contributed by atoms with Crippen LogP contribution in [0.4, 0.5) is 0 Å². The molecule has 0 heteroatoms. The van der Waals surface area contributed by atoms with Gasteiger partial charge in [0, 0.05) is 0 Å². The van der Waals surface area contributed by atoms with Crippen LogP contribution in [0.2, 0.25) is 0 Å². The molecule has 0 aromatic carbocycles. The third kappa shape index (κ3) is 67.2. The normalized spacial score (nSPS) is 14.4. The molecule has 0 radical (unpaired) electrons. The Morgan fingerprint density at radius 2 is 0.259 bits per heavy atom. The van der Waals surface area contributed by atoms with Crippen molar-refractivity contribution in [1.82, 2.24) is 0 Å². The van der Waals surface area contributed by atoms with Gasteiger partial charge in [-0.05, 0) is 0 Å². The highest BCUT2D eigenvalue weighted by Crippen LogP contribution is 2.16. The molecule has 0 spiro atoms. The van der Waals surface area contributed by atoms with Gasteiger partial charge in [0.25, 0.3) is 0 Å². The lowest BCUT2D eigenvalue weighted by atomic mass is 10.0. The summed E-state index contributed by atoms with van der Waals surface area (Å²) in [5.41, 5.74) is 0. The molecule has 0 atom stereocenters. The molecule has 0 bridgehead atoms. The van der Waals surface area contributed by atoms with E-state index in [0.717, 1.165) is 0 Å². The second-order valence-corrected chi connectivity index (χ2v) is 5.30. The van der Waals surface area contributed by atoms with Crippen LogP contribution in [0.15, 0.2) is 39.5 Å². The summed E-state index contributed by atoms with van der Waals surface area (Å²) in [6.07, 6.45) is 22.5. The van der Waals surface area contributed by atoms with Gasteiger partial charge in [0.1, 0.15) is 0 Å². The molecule has 3 rings (SSSR count). The van der Waals surface area contributed by atoms with Gasteiger partial charge in [-0.3, -0.25) is 0 Å². The number of rotatable bonds is 0. The average molecular weight is 385 g/mol. The van der Waals surface area contributed by atoms with E-state index < -0.39 is 0 Å². The predicted molar refractivity (Wildman–Crippen MR) is 137 cm³/mol. The Morgan fingerprint density at radius 3 is 0.296 bits per heavy atom. The van der Waals surface area contributed by atoms with Crippen molar-refractivity contribution in [1.29, 1.82) is 0 Å². The van der Waals surface area contributed by atoms with Crippen LogP contribution in [0.3, 0.4) is 0 Å². The van der Waals surface area contributed by atoms with Crippen LogP contribution < -0.4 is 0 Å². The van der Waals surface area contributed by atoms with Gasteiger partial charge in [-0.2, -0.15) is 0 Å². The summed E-state index contributed by atoms with van der Waals surface area (Å²) in [5, 5.41) is 0. The molecule has 0 amide bonds. The zero-order valence-corrected chi connectivity index (χ0v) is 20.8. The first kappa shape index (κ1) is 40.8. The molecule has 0 aromatic heterocycles. The molecule has 0 heterocycles. The molecular formula is C27H60. The fourth-order valence-electron chi connectivity index (χ4n) is 2.19. The minimum absolute atomic E-state index is 1.50. The Bertz CT molecular complexity index is 110.